The van der Waals surface area contributed by atoms with Crippen LogP contribution in [0.25, 0.3) is 10.9 Å². The summed E-state index contributed by atoms with van der Waals surface area (Å²) in [6.07, 6.45) is 4.14. The lowest BCUT2D eigenvalue weighted by molar-refractivity contribution is 0.296. The molecule has 1 fully saturated rings. The normalized spacial score (nSPS) is 19.7. The highest BCUT2D eigenvalue weighted by atomic mass is 32.2. The lowest BCUT2D eigenvalue weighted by Gasteiger charge is -2.25. The monoisotopic (exact) mass is 424 g/mol. The summed E-state index contributed by atoms with van der Waals surface area (Å²) in [7, 11) is -3.71. The number of hydrogen-bond acceptors (Lipinski definition) is 5. The van der Waals surface area contributed by atoms with Gasteiger partial charge in [-0.05, 0) is 55.2 Å². The second-order valence-electron chi connectivity index (χ2n) is 7.87. The van der Waals surface area contributed by atoms with E-state index in [9.17, 15) is 8.42 Å². The Hall–Kier alpha value is -2.64. The molecule has 7 heteroatoms. The molecule has 30 heavy (non-hydrogen) atoms. The number of rotatable bonds is 3. The van der Waals surface area contributed by atoms with Gasteiger partial charge in [-0.1, -0.05) is 18.2 Å². The Balaban J connectivity index is 1.54. The molecular weight excluding hydrogens is 400 g/mol. The van der Waals surface area contributed by atoms with Crippen molar-refractivity contribution in [2.75, 3.05) is 19.8 Å². The van der Waals surface area contributed by atoms with Crippen molar-refractivity contribution in [2.24, 2.45) is 0 Å². The van der Waals surface area contributed by atoms with E-state index in [0.29, 0.717) is 31.0 Å². The summed E-state index contributed by atoms with van der Waals surface area (Å²) in [6.45, 7) is 3.67. The van der Waals surface area contributed by atoms with E-state index in [0.717, 1.165) is 41.5 Å². The van der Waals surface area contributed by atoms with Crippen molar-refractivity contribution in [1.29, 1.82) is 0 Å². The van der Waals surface area contributed by atoms with E-state index in [-0.39, 0.29) is 10.9 Å². The van der Waals surface area contributed by atoms with Gasteiger partial charge < -0.3 is 9.47 Å². The van der Waals surface area contributed by atoms with Gasteiger partial charge in [-0.3, -0.25) is 4.98 Å². The minimum absolute atomic E-state index is 0.229. The van der Waals surface area contributed by atoms with Gasteiger partial charge >= 0.3 is 0 Å². The van der Waals surface area contributed by atoms with E-state index < -0.39 is 10.0 Å². The van der Waals surface area contributed by atoms with Gasteiger partial charge in [-0.2, -0.15) is 4.31 Å². The molecule has 0 saturated carbocycles. The Morgan fingerprint density at radius 3 is 2.73 bits per heavy atom. The number of benzene rings is 2. The molecular formula is C23H24N2O4S. The minimum Gasteiger partial charge on any atom is -0.490 e. The molecule has 2 aliphatic rings. The number of nitrogens with zero attached hydrogens (tertiary/aromatic N) is 2. The number of ether oxygens (including phenoxy) is 2. The van der Waals surface area contributed by atoms with E-state index >= 15 is 0 Å². The van der Waals surface area contributed by atoms with E-state index in [1.54, 1.807) is 22.6 Å². The van der Waals surface area contributed by atoms with Crippen molar-refractivity contribution in [3.8, 4) is 11.5 Å². The Morgan fingerprint density at radius 2 is 1.87 bits per heavy atom. The fourth-order valence-electron chi connectivity index (χ4n) is 4.33. The molecule has 0 N–H and O–H groups in total. The number of para-hydroxylation sites is 1. The van der Waals surface area contributed by atoms with Crippen molar-refractivity contribution in [3.05, 3.63) is 59.8 Å². The Bertz CT molecular complexity index is 1210. The van der Waals surface area contributed by atoms with Crippen molar-refractivity contribution in [3.63, 3.8) is 0 Å². The van der Waals surface area contributed by atoms with Crippen molar-refractivity contribution < 1.29 is 17.9 Å². The highest BCUT2D eigenvalue weighted by Gasteiger charge is 2.37. The van der Waals surface area contributed by atoms with Gasteiger partial charge in [0.15, 0.2) is 11.5 Å². The standard InChI is InChI=1S/C23H24N2O4S/c1-16-13-18-5-2-7-22(23(18)24-15-16)30(26,27)25-10-3-6-19(25)17-8-9-20-21(14-17)29-12-4-11-28-20/h2,5,7-9,13-15,19H,3-4,6,10-12H2,1H3/t19-/m0/s1. The van der Waals surface area contributed by atoms with Crippen LogP contribution >= 0.6 is 0 Å². The first-order valence-electron chi connectivity index (χ1n) is 10.3. The third kappa shape index (κ3) is 3.32. The van der Waals surface area contributed by atoms with Crippen LogP contribution in [-0.4, -0.2) is 37.5 Å². The summed E-state index contributed by atoms with van der Waals surface area (Å²) in [5, 5.41) is 0.836. The smallest absolute Gasteiger partial charge is 0.245 e. The lowest BCUT2D eigenvalue weighted by Crippen LogP contribution is -2.31. The second kappa shape index (κ2) is 7.56. The average molecular weight is 425 g/mol. The highest BCUT2D eigenvalue weighted by molar-refractivity contribution is 7.89. The fourth-order valence-corrected chi connectivity index (χ4v) is 6.18. The van der Waals surface area contributed by atoms with Crippen LogP contribution in [0.15, 0.2) is 53.6 Å². The third-order valence-electron chi connectivity index (χ3n) is 5.76. The summed E-state index contributed by atoms with van der Waals surface area (Å²) < 4.78 is 40.5. The molecule has 6 nitrogen and oxygen atoms in total. The van der Waals surface area contributed by atoms with Gasteiger partial charge in [0.2, 0.25) is 10.0 Å². The first-order valence-corrected chi connectivity index (χ1v) is 11.7. The topological polar surface area (TPSA) is 68.7 Å². The molecule has 0 radical (unpaired) electrons. The molecule has 3 heterocycles. The summed E-state index contributed by atoms with van der Waals surface area (Å²) in [6, 6.07) is 12.9. The Morgan fingerprint density at radius 1 is 1.03 bits per heavy atom. The Labute approximate surface area is 176 Å². The van der Waals surface area contributed by atoms with Gasteiger partial charge in [0.1, 0.15) is 4.90 Å². The largest absolute Gasteiger partial charge is 0.490 e. The molecule has 156 valence electrons. The molecule has 1 atom stereocenters. The number of fused-ring (bicyclic) bond motifs is 2. The van der Waals surface area contributed by atoms with Crippen LogP contribution in [0.4, 0.5) is 0 Å². The quantitative estimate of drug-likeness (QED) is 0.629. The van der Waals surface area contributed by atoms with Crippen LogP contribution in [0.1, 0.15) is 36.4 Å². The third-order valence-corrected chi connectivity index (χ3v) is 7.70. The molecule has 1 saturated heterocycles. The number of aryl methyl sites for hydroxylation is 1. The summed E-state index contributed by atoms with van der Waals surface area (Å²) in [5.41, 5.74) is 2.46. The maximum absolute atomic E-state index is 13.7. The summed E-state index contributed by atoms with van der Waals surface area (Å²) in [4.78, 5) is 4.71. The van der Waals surface area contributed by atoms with E-state index in [2.05, 4.69) is 4.98 Å². The minimum atomic E-state index is -3.71. The number of pyridine rings is 1. The van der Waals surface area contributed by atoms with Crippen molar-refractivity contribution in [2.45, 2.75) is 37.1 Å². The molecule has 0 aliphatic carbocycles. The molecule has 0 spiro atoms. The van der Waals surface area contributed by atoms with Crippen LogP contribution in [0.5, 0.6) is 11.5 Å². The van der Waals surface area contributed by atoms with Gasteiger partial charge in [0, 0.05) is 24.5 Å². The SMILES string of the molecule is Cc1cnc2c(S(=O)(=O)N3CCC[C@H]3c3ccc4c(c3)OCCCO4)cccc2c1. The van der Waals surface area contributed by atoms with Gasteiger partial charge in [-0.25, -0.2) is 8.42 Å². The average Bonchev–Trinajstić information content (AvgIpc) is 3.13. The first kappa shape index (κ1) is 19.3. The van der Waals surface area contributed by atoms with Crippen LogP contribution in [0.2, 0.25) is 0 Å². The molecule has 0 amide bonds. The van der Waals surface area contributed by atoms with Crippen LogP contribution < -0.4 is 9.47 Å². The number of hydrogen-bond donors (Lipinski definition) is 0. The maximum Gasteiger partial charge on any atom is 0.245 e. The number of sulfonamides is 1. The van der Waals surface area contributed by atoms with Crippen molar-refractivity contribution in [1.82, 2.24) is 9.29 Å². The van der Waals surface area contributed by atoms with Gasteiger partial charge in [0.25, 0.3) is 0 Å². The predicted molar refractivity (Wildman–Crippen MR) is 114 cm³/mol. The highest BCUT2D eigenvalue weighted by Crippen LogP contribution is 2.41. The molecule has 2 aromatic carbocycles. The predicted octanol–water partition coefficient (Wildman–Crippen LogP) is 4.23. The fraction of sp³-hybridized carbons (Fsp3) is 0.348. The maximum atomic E-state index is 13.7. The van der Waals surface area contributed by atoms with Crippen LogP contribution in [0.3, 0.4) is 0 Å². The molecule has 2 aliphatic heterocycles. The zero-order valence-electron chi connectivity index (χ0n) is 16.9. The van der Waals surface area contributed by atoms with Crippen molar-refractivity contribution >= 4 is 20.9 Å². The summed E-state index contributed by atoms with van der Waals surface area (Å²) in [5.74, 6) is 1.41. The van der Waals surface area contributed by atoms with E-state index in [1.807, 2.05) is 37.3 Å². The second-order valence-corrected chi connectivity index (χ2v) is 9.73. The zero-order valence-corrected chi connectivity index (χ0v) is 17.7. The number of aromatic nitrogens is 1. The summed E-state index contributed by atoms with van der Waals surface area (Å²) >= 11 is 0. The molecule has 1 aromatic heterocycles. The van der Waals surface area contributed by atoms with Gasteiger partial charge in [-0.15, -0.1) is 0 Å². The first-order chi connectivity index (χ1) is 14.5. The van der Waals surface area contributed by atoms with Crippen LogP contribution in [0, 0.1) is 6.92 Å². The Kier molecular flexibility index (Phi) is 4.87. The molecule has 0 bridgehead atoms. The zero-order chi connectivity index (χ0) is 20.7. The van der Waals surface area contributed by atoms with E-state index in [4.69, 9.17) is 9.47 Å². The van der Waals surface area contributed by atoms with E-state index in [1.165, 1.54) is 0 Å². The lowest BCUT2D eigenvalue weighted by atomic mass is 10.0. The molecule has 0 unspecified atom stereocenters. The van der Waals surface area contributed by atoms with Crippen LogP contribution in [-0.2, 0) is 10.0 Å². The van der Waals surface area contributed by atoms with Gasteiger partial charge in [0.05, 0.1) is 24.8 Å². The molecule has 5 rings (SSSR count). The molecule has 3 aromatic rings.